The first-order chi connectivity index (χ1) is 7.59. The number of hydrogen-bond acceptors (Lipinski definition) is 3. The molecule has 0 saturated carbocycles. The van der Waals surface area contributed by atoms with E-state index in [1.165, 1.54) is 6.20 Å². The maximum absolute atomic E-state index is 13.1. The monoisotopic (exact) mass is 277 g/mol. The van der Waals surface area contributed by atoms with Crippen LogP contribution in [0, 0.1) is 5.82 Å². The van der Waals surface area contributed by atoms with E-state index < -0.39 is 5.82 Å². The molecular weight excluding hydrogens is 275 g/mol. The van der Waals surface area contributed by atoms with Gasteiger partial charge in [-0.25, -0.2) is 14.4 Å². The van der Waals surface area contributed by atoms with E-state index in [-0.39, 0.29) is 16.1 Å². The van der Waals surface area contributed by atoms with Crippen molar-refractivity contribution < 1.29 is 4.39 Å². The third kappa shape index (κ3) is 2.09. The van der Waals surface area contributed by atoms with Gasteiger partial charge in [0.25, 0.3) is 0 Å². The molecule has 7 heteroatoms. The van der Waals surface area contributed by atoms with Crippen LogP contribution in [0.1, 0.15) is 0 Å². The molecule has 0 N–H and O–H groups in total. The fourth-order valence-electron chi connectivity index (χ4n) is 1.05. The lowest BCUT2D eigenvalue weighted by Gasteiger charge is -2.03. The Morgan fingerprint density at radius 3 is 2.25 bits per heavy atom. The highest BCUT2D eigenvalue weighted by Crippen LogP contribution is 2.26. The highest BCUT2D eigenvalue weighted by Gasteiger charge is 2.14. The highest BCUT2D eigenvalue weighted by atomic mass is 35.5. The summed E-state index contributed by atoms with van der Waals surface area (Å²) < 4.78 is 13.1. The molecule has 16 heavy (non-hydrogen) atoms. The Morgan fingerprint density at radius 1 is 1.06 bits per heavy atom. The first-order valence-corrected chi connectivity index (χ1v) is 5.22. The minimum absolute atomic E-state index is 0.0852. The van der Waals surface area contributed by atoms with E-state index in [1.807, 2.05) is 0 Å². The van der Waals surface area contributed by atoms with Gasteiger partial charge in [-0.1, -0.05) is 34.8 Å². The highest BCUT2D eigenvalue weighted by molar-refractivity contribution is 6.34. The van der Waals surface area contributed by atoms with Crippen molar-refractivity contribution in [1.29, 1.82) is 0 Å². The Labute approximate surface area is 105 Å². The Hall–Kier alpha value is -0.970. The molecule has 0 amide bonds. The minimum atomic E-state index is -0.862. The molecule has 2 rings (SSSR count). The smallest absolute Gasteiger partial charge is 0.197 e. The summed E-state index contributed by atoms with van der Waals surface area (Å²) in [5.74, 6) is -0.777. The molecule has 0 bridgehead atoms. The molecule has 0 fully saturated rings. The second-order valence-electron chi connectivity index (χ2n) is 2.78. The third-order valence-corrected chi connectivity index (χ3v) is 2.55. The average Bonchev–Trinajstić information content (AvgIpc) is 2.26. The molecule has 0 radical (unpaired) electrons. The molecule has 2 heterocycles. The number of rotatable bonds is 1. The maximum Gasteiger partial charge on any atom is 0.197 e. The summed E-state index contributed by atoms with van der Waals surface area (Å²) >= 11 is 17.0. The average molecular weight is 279 g/mol. The van der Waals surface area contributed by atoms with Gasteiger partial charge >= 0.3 is 0 Å². The zero-order chi connectivity index (χ0) is 11.7. The van der Waals surface area contributed by atoms with E-state index in [1.54, 1.807) is 12.1 Å². The van der Waals surface area contributed by atoms with Gasteiger partial charge in [0.05, 0.1) is 5.02 Å². The normalized spacial score (nSPS) is 10.5. The van der Waals surface area contributed by atoms with Crippen LogP contribution in [0.3, 0.4) is 0 Å². The van der Waals surface area contributed by atoms with Crippen molar-refractivity contribution in [3.8, 4) is 11.5 Å². The van der Waals surface area contributed by atoms with E-state index in [9.17, 15) is 4.39 Å². The second-order valence-corrected chi connectivity index (χ2v) is 3.90. The Morgan fingerprint density at radius 2 is 1.69 bits per heavy atom. The van der Waals surface area contributed by atoms with Crippen molar-refractivity contribution in [1.82, 2.24) is 15.0 Å². The van der Waals surface area contributed by atoms with Crippen LogP contribution in [0.15, 0.2) is 18.3 Å². The van der Waals surface area contributed by atoms with Crippen LogP contribution in [-0.2, 0) is 0 Å². The summed E-state index contributed by atoms with van der Waals surface area (Å²) in [4.78, 5) is 11.4. The number of hydrogen-bond donors (Lipinski definition) is 0. The topological polar surface area (TPSA) is 38.7 Å². The first-order valence-electron chi connectivity index (χ1n) is 4.09. The van der Waals surface area contributed by atoms with Gasteiger partial charge in [0, 0.05) is 6.20 Å². The molecule has 0 unspecified atom stereocenters. The molecule has 0 aliphatic rings. The molecular formula is C9H3Cl3FN3. The van der Waals surface area contributed by atoms with Gasteiger partial charge in [0.2, 0.25) is 0 Å². The molecule has 0 saturated heterocycles. The Balaban J connectivity index is 2.62. The minimum Gasteiger partial charge on any atom is -0.251 e. The largest absolute Gasteiger partial charge is 0.251 e. The molecule has 82 valence electrons. The van der Waals surface area contributed by atoms with Crippen LogP contribution in [0.25, 0.3) is 11.5 Å². The standard InChI is InChI=1S/C9H3Cl3FN3/c10-4-2-1-3-14-6(4)9-15-7(11)5(13)8(12)16-9/h1-3H. The zero-order valence-corrected chi connectivity index (χ0v) is 9.85. The lowest BCUT2D eigenvalue weighted by atomic mass is 10.3. The van der Waals surface area contributed by atoms with Gasteiger partial charge in [-0.05, 0) is 12.1 Å². The SMILES string of the molecule is Fc1c(Cl)nc(-c2ncccc2Cl)nc1Cl. The van der Waals surface area contributed by atoms with Crippen molar-refractivity contribution in [3.63, 3.8) is 0 Å². The summed E-state index contributed by atoms with van der Waals surface area (Å²) in [5.41, 5.74) is 0.299. The van der Waals surface area contributed by atoms with E-state index >= 15 is 0 Å². The van der Waals surface area contributed by atoms with E-state index in [0.29, 0.717) is 10.7 Å². The van der Waals surface area contributed by atoms with Gasteiger partial charge in [0.1, 0.15) is 5.69 Å². The number of nitrogens with zero attached hydrogens (tertiary/aromatic N) is 3. The van der Waals surface area contributed by atoms with Crippen LogP contribution in [0.2, 0.25) is 15.3 Å². The third-order valence-electron chi connectivity index (χ3n) is 1.74. The maximum atomic E-state index is 13.1. The predicted octanol–water partition coefficient (Wildman–Crippen LogP) is 3.64. The number of halogens is 4. The molecule has 3 nitrogen and oxygen atoms in total. The van der Waals surface area contributed by atoms with Crippen molar-refractivity contribution in [2.45, 2.75) is 0 Å². The van der Waals surface area contributed by atoms with E-state index in [2.05, 4.69) is 15.0 Å². The van der Waals surface area contributed by atoms with Gasteiger partial charge in [-0.3, -0.25) is 4.98 Å². The Bertz CT molecular complexity index is 524. The van der Waals surface area contributed by atoms with Crippen molar-refractivity contribution >= 4 is 34.8 Å². The van der Waals surface area contributed by atoms with Crippen LogP contribution in [0.5, 0.6) is 0 Å². The van der Waals surface area contributed by atoms with Crippen molar-refractivity contribution in [2.24, 2.45) is 0 Å². The zero-order valence-electron chi connectivity index (χ0n) is 7.59. The van der Waals surface area contributed by atoms with Gasteiger partial charge < -0.3 is 0 Å². The van der Waals surface area contributed by atoms with Crippen molar-refractivity contribution in [2.75, 3.05) is 0 Å². The van der Waals surface area contributed by atoms with Gasteiger partial charge in [-0.15, -0.1) is 0 Å². The lowest BCUT2D eigenvalue weighted by Crippen LogP contribution is -1.96. The fourth-order valence-corrected chi connectivity index (χ4v) is 1.64. The fraction of sp³-hybridized carbons (Fsp3) is 0. The summed E-state index contributed by atoms with van der Waals surface area (Å²) in [6.45, 7) is 0. The van der Waals surface area contributed by atoms with E-state index in [4.69, 9.17) is 34.8 Å². The number of aromatic nitrogens is 3. The number of pyridine rings is 1. The van der Waals surface area contributed by atoms with Crippen LogP contribution >= 0.6 is 34.8 Å². The molecule has 2 aromatic heterocycles. The molecule has 0 aromatic carbocycles. The predicted molar refractivity (Wildman–Crippen MR) is 60.3 cm³/mol. The summed E-state index contributed by atoms with van der Waals surface area (Å²) in [6.07, 6.45) is 1.51. The molecule has 2 aromatic rings. The van der Waals surface area contributed by atoms with Crippen LogP contribution in [-0.4, -0.2) is 15.0 Å². The molecule has 0 aliphatic carbocycles. The quantitative estimate of drug-likeness (QED) is 0.748. The summed E-state index contributed by atoms with van der Waals surface area (Å²) in [6, 6.07) is 3.26. The summed E-state index contributed by atoms with van der Waals surface area (Å²) in [7, 11) is 0. The van der Waals surface area contributed by atoms with Crippen LogP contribution < -0.4 is 0 Å². The van der Waals surface area contributed by atoms with Crippen molar-refractivity contribution in [3.05, 3.63) is 39.5 Å². The first kappa shape index (κ1) is 11.5. The second kappa shape index (κ2) is 4.49. The van der Waals surface area contributed by atoms with E-state index in [0.717, 1.165) is 0 Å². The molecule has 0 spiro atoms. The lowest BCUT2D eigenvalue weighted by molar-refractivity contribution is 0.615. The summed E-state index contributed by atoms with van der Waals surface area (Å²) in [5, 5.41) is -0.394. The van der Waals surface area contributed by atoms with Gasteiger partial charge in [-0.2, -0.15) is 0 Å². The van der Waals surface area contributed by atoms with Crippen LogP contribution in [0.4, 0.5) is 4.39 Å². The molecule has 0 aliphatic heterocycles. The van der Waals surface area contributed by atoms with Gasteiger partial charge in [0.15, 0.2) is 21.9 Å². The Kier molecular flexibility index (Phi) is 3.23. The molecule has 0 atom stereocenters.